The van der Waals surface area contributed by atoms with E-state index in [0.29, 0.717) is 10.5 Å². The lowest BCUT2D eigenvalue weighted by Crippen LogP contribution is -2.19. The molecule has 1 nitrogen and oxygen atoms in total. The minimum absolute atomic E-state index is 0.206. The number of benzene rings is 1. The van der Waals surface area contributed by atoms with Crippen molar-refractivity contribution in [2.45, 2.75) is 39.7 Å². The van der Waals surface area contributed by atoms with E-state index in [2.05, 4.69) is 47.2 Å². The highest BCUT2D eigenvalue weighted by atomic mass is 79.9. The van der Waals surface area contributed by atoms with Crippen LogP contribution in [0.15, 0.2) is 28.7 Å². The molecule has 4 heteroatoms. The van der Waals surface area contributed by atoms with Gasteiger partial charge in [-0.2, -0.15) is 0 Å². The summed E-state index contributed by atoms with van der Waals surface area (Å²) in [6.07, 6.45) is 2.28. The summed E-state index contributed by atoms with van der Waals surface area (Å²) in [5.74, 6) is -0.206. The molecular weight excluding hydrogens is 349 g/mol. The van der Waals surface area contributed by atoms with Gasteiger partial charge in [0.15, 0.2) is 0 Å². The van der Waals surface area contributed by atoms with E-state index in [1.807, 2.05) is 13.0 Å². The van der Waals surface area contributed by atoms with Crippen molar-refractivity contribution in [2.24, 2.45) is 0 Å². The van der Waals surface area contributed by atoms with E-state index >= 15 is 0 Å². The van der Waals surface area contributed by atoms with Crippen LogP contribution in [-0.2, 0) is 0 Å². The van der Waals surface area contributed by atoms with Crippen molar-refractivity contribution in [3.8, 4) is 10.4 Å². The summed E-state index contributed by atoms with van der Waals surface area (Å²) in [4.78, 5) is 2.46. The summed E-state index contributed by atoms with van der Waals surface area (Å²) in [5, 5.41) is 3.53. The van der Waals surface area contributed by atoms with Gasteiger partial charge in [-0.05, 0) is 71.2 Å². The molecule has 1 atom stereocenters. The molecule has 0 bridgehead atoms. The average Bonchev–Trinajstić information content (AvgIpc) is 2.92. The van der Waals surface area contributed by atoms with Gasteiger partial charge in [-0.15, -0.1) is 11.3 Å². The minimum atomic E-state index is -0.206. The Labute approximate surface area is 138 Å². The molecular formula is C17H21BrFNS. The van der Waals surface area contributed by atoms with Crippen molar-refractivity contribution in [3.63, 3.8) is 0 Å². The Morgan fingerprint density at radius 2 is 2.05 bits per heavy atom. The maximum atomic E-state index is 13.8. The number of hydrogen-bond donors (Lipinski definition) is 1. The Bertz CT molecular complexity index is 603. The van der Waals surface area contributed by atoms with Gasteiger partial charge in [0.25, 0.3) is 0 Å². The fourth-order valence-corrected chi connectivity index (χ4v) is 4.13. The van der Waals surface area contributed by atoms with Gasteiger partial charge in [0.2, 0.25) is 0 Å². The fourth-order valence-electron chi connectivity index (χ4n) is 2.48. The van der Waals surface area contributed by atoms with Crippen LogP contribution in [0.5, 0.6) is 0 Å². The largest absolute Gasteiger partial charge is 0.310 e. The second-order valence-corrected chi connectivity index (χ2v) is 7.15. The summed E-state index contributed by atoms with van der Waals surface area (Å²) >= 11 is 5.00. The van der Waals surface area contributed by atoms with Crippen molar-refractivity contribution in [1.82, 2.24) is 5.32 Å². The molecule has 0 aliphatic heterocycles. The molecule has 1 aromatic carbocycles. The van der Waals surface area contributed by atoms with Gasteiger partial charge in [0.05, 0.1) is 4.47 Å². The highest BCUT2D eigenvalue weighted by Gasteiger charge is 2.14. The zero-order valence-electron chi connectivity index (χ0n) is 12.7. The lowest BCUT2D eigenvalue weighted by atomic mass is 10.1. The highest BCUT2D eigenvalue weighted by Crippen LogP contribution is 2.36. The predicted molar refractivity (Wildman–Crippen MR) is 93.5 cm³/mol. The van der Waals surface area contributed by atoms with Crippen molar-refractivity contribution in [2.75, 3.05) is 6.54 Å². The fraction of sp³-hybridized carbons (Fsp3) is 0.412. The van der Waals surface area contributed by atoms with E-state index < -0.39 is 0 Å². The topological polar surface area (TPSA) is 12.0 Å². The number of halogens is 2. The third-order valence-corrected chi connectivity index (χ3v) is 5.37. The van der Waals surface area contributed by atoms with Crippen LogP contribution in [0, 0.1) is 12.7 Å². The van der Waals surface area contributed by atoms with Gasteiger partial charge >= 0.3 is 0 Å². The van der Waals surface area contributed by atoms with Gasteiger partial charge in [0.1, 0.15) is 5.82 Å². The molecule has 1 N–H and O–H groups in total. The van der Waals surface area contributed by atoms with Crippen LogP contribution in [0.3, 0.4) is 0 Å². The molecule has 0 fully saturated rings. The van der Waals surface area contributed by atoms with Crippen LogP contribution < -0.4 is 5.32 Å². The lowest BCUT2D eigenvalue weighted by molar-refractivity contribution is 0.516. The normalized spacial score (nSPS) is 12.6. The molecule has 2 rings (SSSR count). The van der Waals surface area contributed by atoms with Gasteiger partial charge in [-0.1, -0.05) is 20.3 Å². The highest BCUT2D eigenvalue weighted by molar-refractivity contribution is 9.10. The summed E-state index contributed by atoms with van der Waals surface area (Å²) in [7, 11) is 0. The Morgan fingerprint density at radius 3 is 2.71 bits per heavy atom. The maximum Gasteiger partial charge on any atom is 0.138 e. The summed E-state index contributed by atoms with van der Waals surface area (Å²) in [6, 6.07) is 8.15. The zero-order chi connectivity index (χ0) is 15.4. The van der Waals surface area contributed by atoms with E-state index in [-0.39, 0.29) is 5.82 Å². The molecule has 0 amide bonds. The Morgan fingerprint density at radius 1 is 1.29 bits per heavy atom. The van der Waals surface area contributed by atoms with Crippen LogP contribution >= 0.6 is 27.3 Å². The van der Waals surface area contributed by atoms with Crippen LogP contribution in [0.4, 0.5) is 4.39 Å². The average molecular weight is 370 g/mol. The molecule has 0 aliphatic carbocycles. The van der Waals surface area contributed by atoms with E-state index in [0.717, 1.165) is 35.4 Å². The van der Waals surface area contributed by atoms with Gasteiger partial charge < -0.3 is 5.32 Å². The predicted octanol–water partition coefficient (Wildman–Crippen LogP) is 6.08. The van der Waals surface area contributed by atoms with Gasteiger partial charge in [-0.25, -0.2) is 4.39 Å². The molecule has 0 spiro atoms. The molecule has 114 valence electrons. The molecule has 0 saturated carbocycles. The van der Waals surface area contributed by atoms with Crippen molar-refractivity contribution in [3.05, 3.63) is 45.0 Å². The van der Waals surface area contributed by atoms with E-state index in [1.165, 1.54) is 4.88 Å². The van der Waals surface area contributed by atoms with Crippen LogP contribution in [-0.4, -0.2) is 6.54 Å². The second kappa shape index (κ2) is 7.52. The first-order valence-electron chi connectivity index (χ1n) is 7.35. The molecule has 21 heavy (non-hydrogen) atoms. The maximum absolute atomic E-state index is 13.8. The smallest absolute Gasteiger partial charge is 0.138 e. The Kier molecular flexibility index (Phi) is 5.97. The van der Waals surface area contributed by atoms with Crippen molar-refractivity contribution >= 4 is 27.3 Å². The molecule has 2 aromatic rings. The third-order valence-electron chi connectivity index (χ3n) is 3.53. The molecule has 0 saturated heterocycles. The van der Waals surface area contributed by atoms with Gasteiger partial charge in [-0.3, -0.25) is 0 Å². The quantitative estimate of drug-likeness (QED) is 0.650. The van der Waals surface area contributed by atoms with Crippen LogP contribution in [0.2, 0.25) is 0 Å². The second-order valence-electron chi connectivity index (χ2n) is 5.18. The third kappa shape index (κ3) is 3.93. The van der Waals surface area contributed by atoms with Crippen LogP contribution in [0.1, 0.15) is 43.2 Å². The summed E-state index contributed by atoms with van der Waals surface area (Å²) < 4.78 is 14.3. The number of rotatable bonds is 6. The number of thiophene rings is 1. The van der Waals surface area contributed by atoms with Crippen molar-refractivity contribution in [1.29, 1.82) is 0 Å². The molecule has 1 heterocycles. The first-order valence-corrected chi connectivity index (χ1v) is 8.96. The summed E-state index contributed by atoms with van der Waals surface area (Å²) in [5.41, 5.74) is 2.07. The lowest BCUT2D eigenvalue weighted by Gasteiger charge is -2.15. The number of aryl methyl sites for hydroxylation is 1. The standard InChI is InChI=1S/C17H21BrFNS/c1-4-6-15(20-5-2)17-8-7-16(21-17)12-10-14(19)13(18)9-11(12)3/h7-10,15,20H,4-6H2,1-3H3. The Balaban J connectivity index is 2.33. The van der Waals surface area contributed by atoms with E-state index in [1.54, 1.807) is 17.4 Å². The summed E-state index contributed by atoms with van der Waals surface area (Å²) in [6.45, 7) is 7.31. The first-order chi connectivity index (χ1) is 10.1. The van der Waals surface area contributed by atoms with E-state index in [4.69, 9.17) is 0 Å². The molecule has 1 aromatic heterocycles. The zero-order valence-corrected chi connectivity index (χ0v) is 15.1. The molecule has 1 unspecified atom stereocenters. The van der Waals surface area contributed by atoms with Gasteiger partial charge in [0, 0.05) is 15.8 Å². The minimum Gasteiger partial charge on any atom is -0.310 e. The monoisotopic (exact) mass is 369 g/mol. The molecule has 0 aliphatic rings. The van der Waals surface area contributed by atoms with Crippen LogP contribution in [0.25, 0.3) is 10.4 Å². The Hall–Kier alpha value is -0.710. The molecule has 0 radical (unpaired) electrons. The number of nitrogens with one attached hydrogen (secondary N) is 1. The first kappa shape index (κ1) is 16.7. The number of hydrogen-bond acceptors (Lipinski definition) is 2. The SMILES string of the molecule is CCCC(NCC)c1ccc(-c2cc(F)c(Br)cc2C)s1. The van der Waals surface area contributed by atoms with E-state index in [9.17, 15) is 4.39 Å². The van der Waals surface area contributed by atoms with Crippen molar-refractivity contribution < 1.29 is 4.39 Å².